The Morgan fingerprint density at radius 2 is 1.90 bits per heavy atom. The van der Waals surface area contributed by atoms with Crippen LogP contribution in [0.25, 0.3) is 5.65 Å². The fourth-order valence-electron chi connectivity index (χ4n) is 6.31. The lowest BCUT2D eigenvalue weighted by molar-refractivity contribution is -0.137. The number of benzene rings is 1. The van der Waals surface area contributed by atoms with Gasteiger partial charge in [-0.05, 0) is 73.8 Å². The molecule has 3 aromatic heterocycles. The van der Waals surface area contributed by atoms with E-state index in [4.69, 9.17) is 0 Å². The largest absolute Gasteiger partial charge is 0.481 e. The molecular weight excluding hydrogens is 554 g/mol. The van der Waals surface area contributed by atoms with Crippen molar-refractivity contribution in [2.45, 2.75) is 50.6 Å². The van der Waals surface area contributed by atoms with Crippen molar-refractivity contribution in [1.29, 1.82) is 0 Å². The molecule has 1 N–H and O–H groups in total. The summed E-state index contributed by atoms with van der Waals surface area (Å²) in [4.78, 5) is 21.2. The summed E-state index contributed by atoms with van der Waals surface area (Å²) in [6.45, 7) is 8.53. The van der Waals surface area contributed by atoms with Gasteiger partial charge in [-0.2, -0.15) is 4.31 Å². The summed E-state index contributed by atoms with van der Waals surface area (Å²) in [5, 5.41) is 18.4. The molecule has 5 heterocycles. The summed E-state index contributed by atoms with van der Waals surface area (Å²) < 4.78 is 31.6. The Morgan fingerprint density at radius 3 is 2.69 bits per heavy atom. The van der Waals surface area contributed by atoms with E-state index in [1.54, 1.807) is 22.6 Å². The third kappa shape index (κ3) is 4.93. The number of nitrogens with zero attached hydrogens (tertiary/aromatic N) is 7. The lowest BCUT2D eigenvalue weighted by Gasteiger charge is -2.40. The summed E-state index contributed by atoms with van der Waals surface area (Å²) in [5.41, 5.74) is 5.01. The van der Waals surface area contributed by atoms with Crippen LogP contribution in [0, 0.1) is 20.8 Å². The number of pyridine rings is 2. The molecule has 2 atom stereocenters. The minimum Gasteiger partial charge on any atom is -0.481 e. The highest BCUT2D eigenvalue weighted by Gasteiger charge is 2.40. The number of hydrogen-bond donors (Lipinski definition) is 1. The standard InChI is InChI=1S/C30H35N7O4S/c1-19-7-8-22(26(15-28(38)39)25-9-11-36-21(3)32-33-29(36)20(25)2)14-23(19)16-35-18-24-17-34(4)12-13-37(24)30-27(42(35,40)41)6-5-10-31-30/h5-11,14,24,26H,12-13,15-18H2,1-4H3,(H,38,39)/t24-,26?/m0/s1. The second kappa shape index (κ2) is 10.8. The van der Waals surface area contributed by atoms with Crippen LogP contribution >= 0.6 is 0 Å². The van der Waals surface area contributed by atoms with Gasteiger partial charge in [0, 0.05) is 51.0 Å². The number of aromatic nitrogens is 4. The van der Waals surface area contributed by atoms with Gasteiger partial charge >= 0.3 is 5.97 Å². The van der Waals surface area contributed by atoms with Crippen LogP contribution in [-0.2, 0) is 21.4 Å². The minimum atomic E-state index is -3.84. The Labute approximate surface area is 245 Å². The number of carboxylic acids is 1. The number of hydrogen-bond acceptors (Lipinski definition) is 8. The summed E-state index contributed by atoms with van der Waals surface area (Å²) >= 11 is 0. The van der Waals surface area contributed by atoms with Gasteiger partial charge in [-0.25, -0.2) is 13.4 Å². The molecule has 0 radical (unpaired) electrons. The highest BCUT2D eigenvalue weighted by molar-refractivity contribution is 7.89. The summed E-state index contributed by atoms with van der Waals surface area (Å²) in [7, 11) is -1.79. The molecule has 0 aliphatic carbocycles. The summed E-state index contributed by atoms with van der Waals surface area (Å²) in [6.07, 6.45) is 3.41. The number of likely N-dealkylation sites (N-methyl/N-ethyl adjacent to an activating group) is 1. The maximum Gasteiger partial charge on any atom is 0.304 e. The number of anilines is 1. The van der Waals surface area contributed by atoms with Gasteiger partial charge < -0.3 is 14.9 Å². The maximum atomic E-state index is 14.1. The molecule has 2 aliphatic heterocycles. The zero-order chi connectivity index (χ0) is 29.8. The Morgan fingerprint density at radius 1 is 1.10 bits per heavy atom. The maximum absolute atomic E-state index is 14.1. The van der Waals surface area contributed by atoms with E-state index in [0.717, 1.165) is 46.7 Å². The van der Waals surface area contributed by atoms with Crippen LogP contribution in [0.1, 0.15) is 46.0 Å². The van der Waals surface area contributed by atoms with Crippen LogP contribution in [-0.4, -0.2) is 87.5 Å². The molecule has 0 spiro atoms. The number of piperazine rings is 1. The molecule has 0 bridgehead atoms. The van der Waals surface area contributed by atoms with Gasteiger partial charge in [0.05, 0.1) is 12.5 Å². The lowest BCUT2D eigenvalue weighted by Crippen LogP contribution is -2.55. The topological polar surface area (TPSA) is 124 Å². The Balaban J connectivity index is 1.40. The number of carboxylic acid groups (broad SMARTS) is 1. The predicted molar refractivity (Wildman–Crippen MR) is 158 cm³/mol. The van der Waals surface area contributed by atoms with Crippen molar-refractivity contribution in [1.82, 2.24) is 28.8 Å². The molecule has 1 fully saturated rings. The van der Waals surface area contributed by atoms with Crippen molar-refractivity contribution in [2.24, 2.45) is 0 Å². The Kier molecular flexibility index (Phi) is 7.24. The summed E-state index contributed by atoms with van der Waals surface area (Å²) in [5.74, 6) is -0.0957. The van der Waals surface area contributed by atoms with Crippen LogP contribution in [0.2, 0.25) is 0 Å². The first-order valence-electron chi connectivity index (χ1n) is 14.1. The third-order valence-electron chi connectivity index (χ3n) is 8.66. The van der Waals surface area contributed by atoms with Crippen LogP contribution in [0.4, 0.5) is 5.82 Å². The molecule has 11 nitrogen and oxygen atoms in total. The van der Waals surface area contributed by atoms with E-state index in [9.17, 15) is 18.3 Å². The van der Waals surface area contributed by atoms with Gasteiger partial charge in [0.15, 0.2) is 5.65 Å². The molecule has 4 aromatic rings. The molecule has 0 saturated carbocycles. The van der Waals surface area contributed by atoms with E-state index < -0.39 is 21.9 Å². The van der Waals surface area contributed by atoms with Crippen molar-refractivity contribution >= 4 is 27.5 Å². The first-order valence-corrected chi connectivity index (χ1v) is 15.5. The SMILES string of the molecule is Cc1ccc(C(CC(=O)O)c2ccn3c(C)nnc3c2C)cc1CN1C[C@@H]2CN(C)CCN2c2ncccc2S1(=O)=O. The average molecular weight is 590 g/mol. The number of sulfonamides is 1. The number of aryl methyl sites for hydroxylation is 3. The number of rotatable bonds is 6. The molecule has 0 amide bonds. The van der Waals surface area contributed by atoms with Gasteiger partial charge in [-0.3, -0.25) is 9.20 Å². The third-order valence-corrected chi connectivity index (χ3v) is 10.5. The van der Waals surface area contributed by atoms with Crippen LogP contribution in [0.5, 0.6) is 0 Å². The van der Waals surface area contributed by atoms with E-state index in [-0.39, 0.29) is 23.9 Å². The van der Waals surface area contributed by atoms with Gasteiger partial charge in [0.2, 0.25) is 10.0 Å². The van der Waals surface area contributed by atoms with Crippen molar-refractivity contribution in [3.63, 3.8) is 0 Å². The fourth-order valence-corrected chi connectivity index (χ4v) is 7.91. The summed E-state index contributed by atoms with van der Waals surface area (Å²) in [6, 6.07) is 11.1. The normalized spacial score (nSPS) is 19.7. The zero-order valence-corrected chi connectivity index (χ0v) is 25.0. The first kappa shape index (κ1) is 28.3. The van der Waals surface area contributed by atoms with Crippen molar-refractivity contribution in [2.75, 3.05) is 38.1 Å². The van der Waals surface area contributed by atoms with Gasteiger partial charge in [-0.15, -0.1) is 10.2 Å². The van der Waals surface area contributed by atoms with E-state index >= 15 is 0 Å². The monoisotopic (exact) mass is 589 g/mol. The highest BCUT2D eigenvalue weighted by Crippen LogP contribution is 2.36. The van der Waals surface area contributed by atoms with Crippen LogP contribution < -0.4 is 4.90 Å². The molecule has 2 aliphatic rings. The quantitative estimate of drug-likeness (QED) is 0.361. The minimum absolute atomic E-state index is 0.0427. The van der Waals surface area contributed by atoms with E-state index in [0.29, 0.717) is 24.6 Å². The molecule has 1 saturated heterocycles. The lowest BCUT2D eigenvalue weighted by atomic mass is 9.85. The van der Waals surface area contributed by atoms with Gasteiger partial charge in [0.25, 0.3) is 0 Å². The average Bonchev–Trinajstić information content (AvgIpc) is 3.30. The molecule has 6 rings (SSSR count). The number of carbonyl (C=O) groups is 1. The van der Waals surface area contributed by atoms with Crippen molar-refractivity contribution in [3.8, 4) is 0 Å². The van der Waals surface area contributed by atoms with E-state index in [1.807, 2.05) is 55.6 Å². The van der Waals surface area contributed by atoms with Crippen LogP contribution in [0.3, 0.4) is 0 Å². The Bertz CT molecular complexity index is 1790. The molecule has 12 heteroatoms. The van der Waals surface area contributed by atoms with Crippen molar-refractivity contribution < 1.29 is 18.3 Å². The van der Waals surface area contributed by atoms with Gasteiger partial charge in [-0.1, -0.05) is 18.2 Å². The zero-order valence-electron chi connectivity index (χ0n) is 24.2. The van der Waals surface area contributed by atoms with E-state index in [1.165, 1.54) is 0 Å². The van der Waals surface area contributed by atoms with Crippen LogP contribution in [0.15, 0.2) is 53.7 Å². The smallest absolute Gasteiger partial charge is 0.304 e. The fraction of sp³-hybridized carbons (Fsp3) is 0.400. The molecule has 42 heavy (non-hydrogen) atoms. The molecular formula is C30H35N7O4S. The number of fused-ring (bicyclic) bond motifs is 4. The van der Waals surface area contributed by atoms with Gasteiger partial charge in [0.1, 0.15) is 16.5 Å². The second-order valence-corrected chi connectivity index (χ2v) is 13.3. The number of aliphatic carboxylic acids is 1. The highest BCUT2D eigenvalue weighted by atomic mass is 32.2. The molecule has 220 valence electrons. The molecule has 1 aromatic carbocycles. The predicted octanol–water partition coefficient (Wildman–Crippen LogP) is 2.98. The first-order chi connectivity index (χ1) is 20.0. The van der Waals surface area contributed by atoms with Crippen molar-refractivity contribution in [3.05, 3.63) is 82.4 Å². The second-order valence-electron chi connectivity index (χ2n) is 11.4. The molecule has 1 unspecified atom stereocenters. The Hall–Kier alpha value is -3.87. The van der Waals surface area contributed by atoms with E-state index in [2.05, 4.69) is 32.0 Å².